The van der Waals surface area contributed by atoms with E-state index in [9.17, 15) is 9.59 Å². The van der Waals surface area contributed by atoms with Gasteiger partial charge >= 0.3 is 0 Å². The van der Waals surface area contributed by atoms with Crippen LogP contribution in [0.4, 0.5) is 5.69 Å². The molecule has 0 fully saturated rings. The first kappa shape index (κ1) is 20.7. The molecule has 0 unspecified atom stereocenters. The maximum absolute atomic E-state index is 12.5. The van der Waals surface area contributed by atoms with Crippen LogP contribution >= 0.6 is 11.3 Å². The minimum Gasteiger partial charge on any atom is -0.326 e. The quantitative estimate of drug-likeness (QED) is 0.389. The molecule has 8 heteroatoms. The molecular weight excluding hydrogens is 434 g/mol. The molecule has 33 heavy (non-hydrogen) atoms. The number of H-pyrrole nitrogens is 1. The number of rotatable bonds is 6. The predicted octanol–water partition coefficient (Wildman–Crippen LogP) is 4.68. The van der Waals surface area contributed by atoms with Crippen molar-refractivity contribution in [1.82, 2.24) is 19.9 Å². The molecule has 0 aliphatic rings. The van der Waals surface area contributed by atoms with Crippen molar-refractivity contribution >= 4 is 34.0 Å². The number of nitrogens with zero attached hydrogens (tertiary/aromatic N) is 3. The SMILES string of the molecule is O=C(CCc1nc2ccccc2[nH]c1=O)Nc1cccc(-c2csc(-c3ccccn3)n2)c1. The largest absolute Gasteiger partial charge is 0.326 e. The second-order valence-corrected chi connectivity index (χ2v) is 8.27. The number of hydrogen-bond donors (Lipinski definition) is 2. The van der Waals surface area contributed by atoms with Gasteiger partial charge in [-0.25, -0.2) is 9.97 Å². The van der Waals surface area contributed by atoms with E-state index in [1.807, 2.05) is 66.0 Å². The molecule has 3 heterocycles. The fourth-order valence-corrected chi connectivity index (χ4v) is 4.27. The lowest BCUT2D eigenvalue weighted by Gasteiger charge is -2.07. The van der Waals surface area contributed by atoms with Gasteiger partial charge in [-0.15, -0.1) is 11.3 Å². The number of benzene rings is 2. The summed E-state index contributed by atoms with van der Waals surface area (Å²) in [6, 6.07) is 20.6. The third kappa shape index (κ3) is 4.70. The van der Waals surface area contributed by atoms with Crippen molar-refractivity contribution in [2.24, 2.45) is 0 Å². The van der Waals surface area contributed by atoms with Crippen LogP contribution in [0.25, 0.3) is 33.0 Å². The van der Waals surface area contributed by atoms with Crippen LogP contribution in [0, 0.1) is 0 Å². The molecular formula is C25H19N5O2S. The molecule has 0 atom stereocenters. The van der Waals surface area contributed by atoms with Gasteiger partial charge in [0.15, 0.2) is 0 Å². The highest BCUT2D eigenvalue weighted by molar-refractivity contribution is 7.13. The summed E-state index contributed by atoms with van der Waals surface area (Å²) in [5.74, 6) is -0.186. The normalized spacial score (nSPS) is 10.9. The number of amides is 1. The van der Waals surface area contributed by atoms with E-state index in [0.717, 1.165) is 22.0 Å². The summed E-state index contributed by atoms with van der Waals surface area (Å²) in [5.41, 5.74) is 4.69. The first-order valence-corrected chi connectivity index (χ1v) is 11.3. The number of para-hydroxylation sites is 2. The number of aromatic amines is 1. The number of hydrogen-bond acceptors (Lipinski definition) is 6. The first-order valence-electron chi connectivity index (χ1n) is 10.4. The molecule has 7 nitrogen and oxygen atoms in total. The topological polar surface area (TPSA) is 101 Å². The Labute approximate surface area is 193 Å². The highest BCUT2D eigenvalue weighted by atomic mass is 32.1. The number of aromatic nitrogens is 4. The number of anilines is 1. The van der Waals surface area contributed by atoms with E-state index in [2.05, 4.69) is 25.3 Å². The van der Waals surface area contributed by atoms with Gasteiger partial charge in [0.05, 0.1) is 22.4 Å². The fourth-order valence-electron chi connectivity index (χ4n) is 3.46. The monoisotopic (exact) mass is 453 g/mol. The van der Waals surface area contributed by atoms with Gasteiger partial charge in [-0.05, 0) is 36.4 Å². The molecule has 0 saturated carbocycles. The molecule has 1 amide bonds. The number of carbonyl (C=O) groups excluding carboxylic acids is 1. The van der Waals surface area contributed by atoms with Crippen molar-refractivity contribution in [2.45, 2.75) is 12.8 Å². The van der Waals surface area contributed by atoms with Crippen molar-refractivity contribution in [1.29, 1.82) is 0 Å². The Bertz CT molecular complexity index is 1490. The van der Waals surface area contributed by atoms with E-state index in [0.29, 0.717) is 22.4 Å². The second-order valence-electron chi connectivity index (χ2n) is 7.41. The molecule has 2 aromatic carbocycles. The van der Waals surface area contributed by atoms with Gasteiger partial charge in [-0.2, -0.15) is 0 Å². The molecule has 0 aliphatic carbocycles. The summed E-state index contributed by atoms with van der Waals surface area (Å²) in [6.07, 6.45) is 2.15. The van der Waals surface area contributed by atoms with Crippen LogP contribution in [-0.4, -0.2) is 25.8 Å². The van der Waals surface area contributed by atoms with Crippen molar-refractivity contribution in [3.8, 4) is 22.0 Å². The molecule has 162 valence electrons. The first-order chi connectivity index (χ1) is 16.2. The average molecular weight is 454 g/mol. The number of thiazole rings is 1. The van der Waals surface area contributed by atoms with E-state index in [-0.39, 0.29) is 24.3 Å². The molecule has 0 saturated heterocycles. The zero-order valence-corrected chi connectivity index (χ0v) is 18.3. The number of pyridine rings is 1. The van der Waals surface area contributed by atoms with Gasteiger partial charge in [-0.3, -0.25) is 14.6 Å². The fraction of sp³-hybridized carbons (Fsp3) is 0.0800. The maximum atomic E-state index is 12.5. The summed E-state index contributed by atoms with van der Waals surface area (Å²) in [7, 11) is 0. The summed E-state index contributed by atoms with van der Waals surface area (Å²) in [5, 5.41) is 5.72. The van der Waals surface area contributed by atoms with Crippen LogP contribution in [-0.2, 0) is 11.2 Å². The number of nitrogens with one attached hydrogen (secondary N) is 2. The number of carbonyl (C=O) groups is 1. The minimum absolute atomic E-state index is 0.152. The Morgan fingerprint density at radius 3 is 2.73 bits per heavy atom. The van der Waals surface area contributed by atoms with Gasteiger partial charge in [0.25, 0.3) is 5.56 Å². The predicted molar refractivity (Wildman–Crippen MR) is 130 cm³/mol. The maximum Gasteiger partial charge on any atom is 0.270 e. The lowest BCUT2D eigenvalue weighted by atomic mass is 10.1. The third-order valence-electron chi connectivity index (χ3n) is 5.09. The highest BCUT2D eigenvalue weighted by Crippen LogP contribution is 2.29. The van der Waals surface area contributed by atoms with E-state index in [1.165, 1.54) is 11.3 Å². The van der Waals surface area contributed by atoms with Crippen molar-refractivity contribution in [2.75, 3.05) is 5.32 Å². The Morgan fingerprint density at radius 1 is 0.970 bits per heavy atom. The van der Waals surface area contributed by atoms with Crippen LogP contribution in [0.5, 0.6) is 0 Å². The van der Waals surface area contributed by atoms with Crippen LogP contribution in [0.1, 0.15) is 12.1 Å². The molecule has 3 aromatic heterocycles. The van der Waals surface area contributed by atoms with Crippen molar-refractivity contribution in [3.05, 3.63) is 94.4 Å². The van der Waals surface area contributed by atoms with E-state index in [4.69, 9.17) is 0 Å². The van der Waals surface area contributed by atoms with E-state index >= 15 is 0 Å². The lowest BCUT2D eigenvalue weighted by molar-refractivity contribution is -0.116. The highest BCUT2D eigenvalue weighted by Gasteiger charge is 2.11. The lowest BCUT2D eigenvalue weighted by Crippen LogP contribution is -2.19. The molecule has 5 rings (SSSR count). The molecule has 2 N–H and O–H groups in total. The van der Waals surface area contributed by atoms with Gasteiger partial charge < -0.3 is 10.3 Å². The average Bonchev–Trinajstić information content (AvgIpc) is 3.34. The molecule has 0 bridgehead atoms. The smallest absolute Gasteiger partial charge is 0.270 e. The summed E-state index contributed by atoms with van der Waals surface area (Å²) >= 11 is 1.52. The Kier molecular flexibility index (Phi) is 5.73. The van der Waals surface area contributed by atoms with E-state index in [1.54, 1.807) is 12.3 Å². The summed E-state index contributed by atoms with van der Waals surface area (Å²) < 4.78 is 0. The van der Waals surface area contributed by atoms with Gasteiger partial charge in [-0.1, -0.05) is 30.3 Å². The van der Waals surface area contributed by atoms with Gasteiger partial charge in [0.1, 0.15) is 10.7 Å². The Balaban J connectivity index is 1.26. The van der Waals surface area contributed by atoms with Crippen LogP contribution < -0.4 is 10.9 Å². The summed E-state index contributed by atoms with van der Waals surface area (Å²) in [4.78, 5) is 41.0. The standard InChI is InChI=1S/C25H19N5O2S/c31-23(12-11-20-24(32)29-19-9-2-1-8-18(19)28-20)27-17-7-5-6-16(14-17)22-15-33-25(30-22)21-10-3-4-13-26-21/h1-10,13-15H,11-12H2,(H,27,31)(H,29,32). The summed E-state index contributed by atoms with van der Waals surface area (Å²) in [6.45, 7) is 0. The zero-order chi connectivity index (χ0) is 22.6. The zero-order valence-electron chi connectivity index (χ0n) is 17.5. The number of aryl methyl sites for hydroxylation is 1. The molecule has 5 aromatic rings. The van der Waals surface area contributed by atoms with E-state index < -0.39 is 0 Å². The third-order valence-corrected chi connectivity index (χ3v) is 5.95. The van der Waals surface area contributed by atoms with Crippen LogP contribution in [0.3, 0.4) is 0 Å². The Hall–Kier alpha value is -4.17. The van der Waals surface area contributed by atoms with Crippen molar-refractivity contribution in [3.63, 3.8) is 0 Å². The van der Waals surface area contributed by atoms with Crippen molar-refractivity contribution < 1.29 is 4.79 Å². The Morgan fingerprint density at radius 2 is 1.85 bits per heavy atom. The second kappa shape index (κ2) is 9.13. The number of fused-ring (bicyclic) bond motifs is 1. The van der Waals surface area contributed by atoms with Crippen LogP contribution in [0.15, 0.2) is 83.1 Å². The molecule has 0 aliphatic heterocycles. The molecule has 0 spiro atoms. The van der Waals surface area contributed by atoms with Gasteiger partial charge in [0, 0.05) is 35.7 Å². The van der Waals surface area contributed by atoms with Crippen LogP contribution in [0.2, 0.25) is 0 Å². The van der Waals surface area contributed by atoms with Gasteiger partial charge in [0.2, 0.25) is 5.91 Å². The minimum atomic E-state index is -0.268. The molecule has 0 radical (unpaired) electrons.